The molecule has 0 aliphatic heterocycles. The summed E-state index contributed by atoms with van der Waals surface area (Å²) in [4.78, 5) is 43.0. The summed E-state index contributed by atoms with van der Waals surface area (Å²) in [5.74, 6) is -0.640. The van der Waals surface area contributed by atoms with Gasteiger partial charge in [-0.05, 0) is 80.6 Å². The number of amides is 3. The number of anilines is 1. The van der Waals surface area contributed by atoms with Crippen LogP contribution in [0.3, 0.4) is 0 Å². The third-order valence-corrected chi connectivity index (χ3v) is 8.09. The van der Waals surface area contributed by atoms with Gasteiger partial charge in [0.2, 0.25) is 5.91 Å². The number of aryl methyl sites for hydroxylation is 1. The second kappa shape index (κ2) is 16.5. The number of rotatable bonds is 14. The molecule has 3 rings (SSSR count). The average Bonchev–Trinajstić information content (AvgIpc) is 2.97. The summed E-state index contributed by atoms with van der Waals surface area (Å²) in [5.41, 5.74) is 2.63. The van der Waals surface area contributed by atoms with E-state index in [-0.39, 0.29) is 17.6 Å². The van der Waals surface area contributed by atoms with E-state index < -0.39 is 23.8 Å². The molecule has 2 unspecified atom stereocenters. The first kappa shape index (κ1) is 35.0. The van der Waals surface area contributed by atoms with Crippen molar-refractivity contribution in [3.05, 3.63) is 77.4 Å². The number of nitrogens with zero attached hydrogens (tertiary/aromatic N) is 1. The van der Waals surface area contributed by atoms with Crippen LogP contribution in [-0.4, -0.2) is 46.7 Å². The van der Waals surface area contributed by atoms with E-state index in [1.165, 1.54) is 6.42 Å². The zero-order valence-electron chi connectivity index (χ0n) is 27.1. The molecule has 0 saturated heterocycles. The molecule has 0 aromatic heterocycles. The SMILES string of the molecule is CCCCCCCCN(C(=O)C(CS)NC(=O)OC(C)(C)C)C(C(=O)Nc1ccc2ccccc2c1)c1cccc(C)c1C. The Bertz CT molecular complexity index is 1420. The van der Waals surface area contributed by atoms with Crippen LogP contribution in [0, 0.1) is 13.8 Å². The number of alkyl carbamates (subject to hydrolysis) is 1. The summed E-state index contributed by atoms with van der Waals surface area (Å²) in [6, 6.07) is 17.7. The third-order valence-electron chi connectivity index (χ3n) is 7.73. The Labute approximate surface area is 268 Å². The molecule has 44 heavy (non-hydrogen) atoms. The molecular formula is C36H49N3O4S. The van der Waals surface area contributed by atoms with Crippen molar-refractivity contribution in [1.29, 1.82) is 0 Å². The smallest absolute Gasteiger partial charge is 0.408 e. The fourth-order valence-corrected chi connectivity index (χ4v) is 5.51. The molecule has 0 saturated carbocycles. The highest BCUT2D eigenvalue weighted by Crippen LogP contribution is 2.30. The van der Waals surface area contributed by atoms with Crippen LogP contribution in [0.4, 0.5) is 10.5 Å². The molecule has 0 aliphatic carbocycles. The van der Waals surface area contributed by atoms with Crippen molar-refractivity contribution in [2.75, 3.05) is 17.6 Å². The predicted octanol–water partition coefficient (Wildman–Crippen LogP) is 8.15. The van der Waals surface area contributed by atoms with Gasteiger partial charge in [0.25, 0.3) is 5.91 Å². The van der Waals surface area contributed by atoms with E-state index in [0.29, 0.717) is 12.2 Å². The van der Waals surface area contributed by atoms with Gasteiger partial charge in [0.05, 0.1) is 0 Å². The van der Waals surface area contributed by atoms with Crippen molar-refractivity contribution in [3.8, 4) is 0 Å². The predicted molar refractivity (Wildman–Crippen MR) is 183 cm³/mol. The number of thiol groups is 1. The fourth-order valence-electron chi connectivity index (χ4n) is 5.26. The largest absolute Gasteiger partial charge is 0.444 e. The molecule has 0 bridgehead atoms. The van der Waals surface area contributed by atoms with Crippen molar-refractivity contribution >= 4 is 47.0 Å². The van der Waals surface area contributed by atoms with Crippen LogP contribution in [0.1, 0.15) is 89.0 Å². The second-order valence-corrected chi connectivity index (χ2v) is 12.8. The summed E-state index contributed by atoms with van der Waals surface area (Å²) >= 11 is 4.42. The molecular weight excluding hydrogens is 570 g/mol. The Balaban J connectivity index is 2.01. The Morgan fingerprint density at radius 1 is 0.886 bits per heavy atom. The standard InChI is InChI=1S/C36H49N3O4S/c1-7-8-9-10-11-14-22-39(34(41)31(24-44)38-35(42)43-36(4,5)6)32(30-19-15-16-25(2)26(30)3)33(40)37-29-21-20-27-17-12-13-18-28(27)23-29/h12-13,15-21,23,31-32,44H,7-11,14,22,24H2,1-6H3,(H,37,40)(H,38,42). The summed E-state index contributed by atoms with van der Waals surface area (Å²) in [6.45, 7) is 11.8. The normalized spacial score (nSPS) is 12.8. The first-order valence-corrected chi connectivity index (χ1v) is 16.3. The number of nitrogens with one attached hydrogen (secondary N) is 2. The summed E-state index contributed by atoms with van der Waals surface area (Å²) < 4.78 is 5.44. The van der Waals surface area contributed by atoms with Crippen molar-refractivity contribution in [2.45, 2.75) is 97.8 Å². The molecule has 0 heterocycles. The highest BCUT2D eigenvalue weighted by atomic mass is 32.1. The number of carbonyl (C=O) groups is 3. The molecule has 0 fully saturated rings. The minimum Gasteiger partial charge on any atom is -0.444 e. The van der Waals surface area contributed by atoms with Crippen LogP contribution in [-0.2, 0) is 14.3 Å². The molecule has 2 N–H and O–H groups in total. The highest BCUT2D eigenvalue weighted by Gasteiger charge is 2.36. The third kappa shape index (κ3) is 10.0. The number of unbranched alkanes of at least 4 members (excludes halogenated alkanes) is 5. The van der Waals surface area contributed by atoms with Gasteiger partial charge in [-0.2, -0.15) is 12.6 Å². The first-order chi connectivity index (χ1) is 20.9. The van der Waals surface area contributed by atoms with Gasteiger partial charge in [0.1, 0.15) is 17.7 Å². The summed E-state index contributed by atoms with van der Waals surface area (Å²) in [6.07, 6.45) is 5.46. The molecule has 7 nitrogen and oxygen atoms in total. The van der Waals surface area contributed by atoms with Gasteiger partial charge in [-0.1, -0.05) is 87.6 Å². The zero-order chi connectivity index (χ0) is 32.3. The molecule has 3 aromatic carbocycles. The number of hydrogen-bond donors (Lipinski definition) is 3. The van der Waals surface area contributed by atoms with Gasteiger partial charge in [0, 0.05) is 18.0 Å². The van der Waals surface area contributed by atoms with Gasteiger partial charge < -0.3 is 20.3 Å². The molecule has 8 heteroatoms. The highest BCUT2D eigenvalue weighted by molar-refractivity contribution is 7.80. The Hall–Kier alpha value is -3.52. The van der Waals surface area contributed by atoms with Gasteiger partial charge in [0.15, 0.2) is 0 Å². The first-order valence-electron chi connectivity index (χ1n) is 15.7. The maximum absolute atomic E-state index is 14.3. The van der Waals surface area contributed by atoms with Crippen LogP contribution >= 0.6 is 12.6 Å². The van der Waals surface area contributed by atoms with Crippen molar-refractivity contribution in [3.63, 3.8) is 0 Å². The van der Waals surface area contributed by atoms with Crippen molar-refractivity contribution < 1.29 is 19.1 Å². The van der Waals surface area contributed by atoms with E-state index in [1.807, 2.05) is 74.5 Å². The molecule has 3 amide bonds. The fraction of sp³-hybridized carbons (Fsp3) is 0.472. The Morgan fingerprint density at radius 3 is 2.25 bits per heavy atom. The molecule has 0 radical (unpaired) electrons. The lowest BCUT2D eigenvalue weighted by Gasteiger charge is -2.35. The average molecular weight is 620 g/mol. The van der Waals surface area contributed by atoms with E-state index in [1.54, 1.807) is 25.7 Å². The number of hydrogen-bond acceptors (Lipinski definition) is 5. The zero-order valence-corrected chi connectivity index (χ0v) is 28.0. The number of ether oxygens (including phenoxy) is 1. The van der Waals surface area contributed by atoms with E-state index in [0.717, 1.165) is 59.6 Å². The lowest BCUT2D eigenvalue weighted by molar-refractivity contribution is -0.140. The minimum atomic E-state index is -0.977. The molecule has 2 atom stereocenters. The van der Waals surface area contributed by atoms with Crippen LogP contribution in [0.25, 0.3) is 10.8 Å². The van der Waals surface area contributed by atoms with E-state index in [2.05, 4.69) is 30.2 Å². The van der Waals surface area contributed by atoms with Gasteiger partial charge in [-0.3, -0.25) is 9.59 Å². The van der Waals surface area contributed by atoms with Crippen LogP contribution in [0.5, 0.6) is 0 Å². The second-order valence-electron chi connectivity index (χ2n) is 12.4. The quantitative estimate of drug-likeness (QED) is 0.126. The maximum atomic E-state index is 14.3. The number of fused-ring (bicyclic) bond motifs is 1. The van der Waals surface area contributed by atoms with Crippen LogP contribution < -0.4 is 10.6 Å². The Kier molecular flexibility index (Phi) is 13.1. The Morgan fingerprint density at radius 2 is 1.57 bits per heavy atom. The van der Waals surface area contributed by atoms with E-state index >= 15 is 0 Å². The van der Waals surface area contributed by atoms with Crippen LogP contribution in [0.15, 0.2) is 60.7 Å². The number of benzene rings is 3. The van der Waals surface area contributed by atoms with E-state index in [9.17, 15) is 14.4 Å². The lowest BCUT2D eigenvalue weighted by atomic mass is 9.94. The monoisotopic (exact) mass is 619 g/mol. The van der Waals surface area contributed by atoms with Gasteiger partial charge in [-0.25, -0.2) is 4.79 Å². The van der Waals surface area contributed by atoms with Crippen molar-refractivity contribution in [1.82, 2.24) is 10.2 Å². The molecule has 0 spiro atoms. The van der Waals surface area contributed by atoms with Crippen LogP contribution in [0.2, 0.25) is 0 Å². The summed E-state index contributed by atoms with van der Waals surface area (Å²) in [5, 5.41) is 7.88. The van der Waals surface area contributed by atoms with E-state index in [4.69, 9.17) is 4.74 Å². The lowest BCUT2D eigenvalue weighted by Crippen LogP contribution is -2.53. The van der Waals surface area contributed by atoms with Crippen molar-refractivity contribution in [2.24, 2.45) is 0 Å². The molecule has 238 valence electrons. The van der Waals surface area contributed by atoms with Gasteiger partial charge >= 0.3 is 6.09 Å². The summed E-state index contributed by atoms with van der Waals surface area (Å²) in [7, 11) is 0. The minimum absolute atomic E-state index is 0.0525. The molecule has 3 aromatic rings. The van der Waals surface area contributed by atoms with Gasteiger partial charge in [-0.15, -0.1) is 0 Å². The molecule has 0 aliphatic rings. The maximum Gasteiger partial charge on any atom is 0.408 e. The topological polar surface area (TPSA) is 87.7 Å². The number of carbonyl (C=O) groups excluding carboxylic acids is 3.